The minimum absolute atomic E-state index is 0.754. The van der Waals surface area contributed by atoms with Crippen molar-refractivity contribution in [2.24, 2.45) is 0 Å². The zero-order valence-corrected chi connectivity index (χ0v) is 10.9. The van der Waals surface area contributed by atoms with E-state index in [9.17, 15) is 0 Å². The van der Waals surface area contributed by atoms with E-state index in [1.165, 1.54) is 11.1 Å². The van der Waals surface area contributed by atoms with Crippen LogP contribution in [0.15, 0.2) is 42.5 Å². The summed E-state index contributed by atoms with van der Waals surface area (Å²) < 4.78 is 0. The van der Waals surface area contributed by atoms with Crippen LogP contribution in [-0.4, -0.2) is 0 Å². The van der Waals surface area contributed by atoms with E-state index in [0.29, 0.717) is 0 Å². The summed E-state index contributed by atoms with van der Waals surface area (Å²) in [5.41, 5.74) is 4.83. The number of anilines is 1. The molecular formula is C15H16ClN. The van der Waals surface area contributed by atoms with E-state index >= 15 is 0 Å². The molecular weight excluding hydrogens is 230 g/mol. The number of nitrogens with one attached hydrogen (secondary N) is 1. The fourth-order valence-corrected chi connectivity index (χ4v) is 2.05. The van der Waals surface area contributed by atoms with Crippen LogP contribution in [0.2, 0.25) is 5.02 Å². The molecule has 2 heteroatoms. The lowest BCUT2D eigenvalue weighted by molar-refractivity contribution is 1.14. The SMILES string of the molecule is Cc1ccc(NCc2ccccc2Cl)c(C)c1. The number of halogens is 1. The van der Waals surface area contributed by atoms with Gasteiger partial charge in [-0.25, -0.2) is 0 Å². The average molecular weight is 246 g/mol. The van der Waals surface area contributed by atoms with Gasteiger partial charge in [0.05, 0.1) is 0 Å². The molecule has 0 aromatic heterocycles. The van der Waals surface area contributed by atoms with Crippen LogP contribution in [0.1, 0.15) is 16.7 Å². The van der Waals surface area contributed by atoms with Crippen molar-refractivity contribution in [3.05, 3.63) is 64.2 Å². The summed E-state index contributed by atoms with van der Waals surface area (Å²) >= 11 is 6.12. The standard InChI is InChI=1S/C15H16ClN/c1-11-7-8-15(12(2)9-11)17-10-13-5-3-4-6-14(13)16/h3-9,17H,10H2,1-2H3. The quantitative estimate of drug-likeness (QED) is 0.835. The molecule has 0 radical (unpaired) electrons. The van der Waals surface area contributed by atoms with E-state index in [4.69, 9.17) is 11.6 Å². The van der Waals surface area contributed by atoms with Crippen molar-refractivity contribution < 1.29 is 0 Å². The highest BCUT2D eigenvalue weighted by Gasteiger charge is 2.01. The molecule has 1 N–H and O–H groups in total. The Morgan fingerprint density at radius 3 is 2.53 bits per heavy atom. The van der Waals surface area contributed by atoms with Crippen molar-refractivity contribution in [1.82, 2.24) is 0 Å². The summed E-state index contributed by atoms with van der Waals surface area (Å²) in [5, 5.41) is 4.22. The lowest BCUT2D eigenvalue weighted by Crippen LogP contribution is -2.01. The highest BCUT2D eigenvalue weighted by molar-refractivity contribution is 6.31. The first-order chi connectivity index (χ1) is 8.16. The van der Waals surface area contributed by atoms with Gasteiger partial charge in [-0.3, -0.25) is 0 Å². The second kappa shape index (κ2) is 5.24. The molecule has 0 saturated heterocycles. The van der Waals surface area contributed by atoms with E-state index in [2.05, 4.69) is 37.4 Å². The molecule has 88 valence electrons. The van der Waals surface area contributed by atoms with Crippen molar-refractivity contribution in [1.29, 1.82) is 0 Å². The molecule has 0 aliphatic heterocycles. The monoisotopic (exact) mass is 245 g/mol. The van der Waals surface area contributed by atoms with Crippen LogP contribution in [0, 0.1) is 13.8 Å². The molecule has 17 heavy (non-hydrogen) atoms. The summed E-state index contributed by atoms with van der Waals surface area (Å²) in [6.07, 6.45) is 0. The third kappa shape index (κ3) is 3.01. The molecule has 2 rings (SSSR count). The van der Waals surface area contributed by atoms with Gasteiger partial charge in [-0.1, -0.05) is 47.5 Å². The van der Waals surface area contributed by atoms with Crippen LogP contribution in [-0.2, 0) is 6.54 Å². The van der Waals surface area contributed by atoms with Gasteiger partial charge >= 0.3 is 0 Å². The Morgan fingerprint density at radius 2 is 1.82 bits per heavy atom. The Morgan fingerprint density at radius 1 is 1.06 bits per heavy atom. The number of rotatable bonds is 3. The minimum atomic E-state index is 0.754. The fourth-order valence-electron chi connectivity index (χ4n) is 1.84. The maximum absolute atomic E-state index is 6.12. The Balaban J connectivity index is 2.10. The molecule has 0 aliphatic carbocycles. The number of benzene rings is 2. The van der Waals surface area contributed by atoms with Crippen LogP contribution in [0.25, 0.3) is 0 Å². The molecule has 0 amide bonds. The Hall–Kier alpha value is -1.47. The number of hydrogen-bond donors (Lipinski definition) is 1. The van der Waals surface area contributed by atoms with Crippen LogP contribution < -0.4 is 5.32 Å². The Kier molecular flexibility index (Phi) is 3.70. The molecule has 0 aliphatic rings. The van der Waals surface area contributed by atoms with Crippen LogP contribution in [0.4, 0.5) is 5.69 Å². The predicted octanol–water partition coefficient (Wildman–Crippen LogP) is 4.57. The minimum Gasteiger partial charge on any atom is -0.381 e. The van der Waals surface area contributed by atoms with Crippen molar-refractivity contribution in [3.8, 4) is 0 Å². The third-order valence-corrected chi connectivity index (χ3v) is 3.18. The van der Waals surface area contributed by atoms with Gasteiger partial charge in [0.2, 0.25) is 0 Å². The van der Waals surface area contributed by atoms with E-state index in [0.717, 1.165) is 22.8 Å². The van der Waals surface area contributed by atoms with Crippen LogP contribution in [0.5, 0.6) is 0 Å². The molecule has 0 fully saturated rings. The molecule has 0 bridgehead atoms. The van der Waals surface area contributed by atoms with Gasteiger partial charge in [0.1, 0.15) is 0 Å². The summed E-state index contributed by atoms with van der Waals surface area (Å²) in [6.45, 7) is 4.97. The smallest absolute Gasteiger partial charge is 0.0455 e. The van der Waals surface area contributed by atoms with Gasteiger partial charge in [-0.2, -0.15) is 0 Å². The van der Waals surface area contributed by atoms with Crippen LogP contribution >= 0.6 is 11.6 Å². The zero-order chi connectivity index (χ0) is 12.3. The molecule has 1 nitrogen and oxygen atoms in total. The summed E-state index contributed by atoms with van der Waals surface area (Å²) in [6, 6.07) is 14.3. The molecule has 0 atom stereocenters. The van der Waals surface area contributed by atoms with Crippen molar-refractivity contribution in [2.75, 3.05) is 5.32 Å². The van der Waals surface area contributed by atoms with E-state index in [-0.39, 0.29) is 0 Å². The lowest BCUT2D eigenvalue weighted by atomic mass is 10.1. The summed E-state index contributed by atoms with van der Waals surface area (Å²) in [7, 11) is 0. The summed E-state index contributed by atoms with van der Waals surface area (Å²) in [5.74, 6) is 0. The first-order valence-corrected chi connectivity index (χ1v) is 6.09. The largest absolute Gasteiger partial charge is 0.381 e. The molecule has 2 aromatic rings. The van der Waals surface area contributed by atoms with Gasteiger partial charge in [0.15, 0.2) is 0 Å². The van der Waals surface area contributed by atoms with E-state index in [1.54, 1.807) is 0 Å². The molecule has 0 saturated carbocycles. The first kappa shape index (κ1) is 12.0. The maximum Gasteiger partial charge on any atom is 0.0455 e. The van der Waals surface area contributed by atoms with Crippen LogP contribution in [0.3, 0.4) is 0 Å². The average Bonchev–Trinajstić information content (AvgIpc) is 2.30. The first-order valence-electron chi connectivity index (χ1n) is 5.71. The molecule has 0 spiro atoms. The van der Waals surface area contributed by atoms with Gasteiger partial charge in [0.25, 0.3) is 0 Å². The molecule has 0 heterocycles. The highest BCUT2D eigenvalue weighted by Crippen LogP contribution is 2.19. The van der Waals surface area contributed by atoms with Crippen molar-refractivity contribution >= 4 is 17.3 Å². The van der Waals surface area contributed by atoms with E-state index in [1.807, 2.05) is 24.3 Å². The van der Waals surface area contributed by atoms with Gasteiger partial charge in [-0.05, 0) is 37.1 Å². The van der Waals surface area contributed by atoms with Gasteiger partial charge < -0.3 is 5.32 Å². The normalized spacial score (nSPS) is 10.3. The Labute approximate surface area is 107 Å². The molecule has 2 aromatic carbocycles. The second-order valence-electron chi connectivity index (χ2n) is 4.26. The van der Waals surface area contributed by atoms with Gasteiger partial charge in [-0.15, -0.1) is 0 Å². The van der Waals surface area contributed by atoms with Crippen molar-refractivity contribution in [3.63, 3.8) is 0 Å². The topological polar surface area (TPSA) is 12.0 Å². The predicted molar refractivity (Wildman–Crippen MR) is 74.7 cm³/mol. The maximum atomic E-state index is 6.12. The lowest BCUT2D eigenvalue weighted by Gasteiger charge is -2.11. The Bertz CT molecular complexity index is 520. The summed E-state index contributed by atoms with van der Waals surface area (Å²) in [4.78, 5) is 0. The fraction of sp³-hybridized carbons (Fsp3) is 0.200. The van der Waals surface area contributed by atoms with Gasteiger partial charge in [0, 0.05) is 17.3 Å². The number of aryl methyl sites for hydroxylation is 2. The second-order valence-corrected chi connectivity index (χ2v) is 4.67. The highest BCUT2D eigenvalue weighted by atomic mass is 35.5. The number of hydrogen-bond acceptors (Lipinski definition) is 1. The third-order valence-electron chi connectivity index (χ3n) is 2.81. The van der Waals surface area contributed by atoms with Crippen molar-refractivity contribution in [2.45, 2.75) is 20.4 Å². The molecule has 0 unspecified atom stereocenters. The zero-order valence-electron chi connectivity index (χ0n) is 10.1. The van der Waals surface area contributed by atoms with E-state index < -0.39 is 0 Å².